The molecule has 2 bridgehead atoms. The molecular weight excluding hydrogens is 452 g/mol. The first-order valence-electron chi connectivity index (χ1n) is 11.7. The van der Waals surface area contributed by atoms with Crippen LogP contribution < -0.4 is 11.0 Å². The van der Waals surface area contributed by atoms with Crippen LogP contribution in [0.25, 0.3) is 0 Å². The van der Waals surface area contributed by atoms with Crippen LogP contribution in [0.15, 0.2) is 54.8 Å². The van der Waals surface area contributed by atoms with Crippen LogP contribution in [-0.4, -0.2) is 40.7 Å². The zero-order valence-corrected chi connectivity index (χ0v) is 19.7. The molecule has 9 heteroatoms. The number of pyridine rings is 1. The van der Waals surface area contributed by atoms with Crippen molar-refractivity contribution in [2.45, 2.75) is 44.7 Å². The van der Waals surface area contributed by atoms with Gasteiger partial charge < -0.3 is 23.2 Å². The fraction of sp³-hybridized carbons (Fsp3) is 0.423. The Labute approximate surface area is 201 Å². The number of aromatic nitrogens is 1. The van der Waals surface area contributed by atoms with Crippen LogP contribution in [0, 0.1) is 12.8 Å². The minimum absolute atomic E-state index is 0.0126. The second-order valence-electron chi connectivity index (χ2n) is 9.46. The molecule has 0 spiro atoms. The van der Waals surface area contributed by atoms with E-state index < -0.39 is 23.1 Å². The van der Waals surface area contributed by atoms with E-state index in [4.69, 9.17) is 13.6 Å². The van der Waals surface area contributed by atoms with Gasteiger partial charge in [-0.1, -0.05) is 6.07 Å². The number of rotatable bonds is 6. The van der Waals surface area contributed by atoms with Gasteiger partial charge in [0.15, 0.2) is 5.76 Å². The van der Waals surface area contributed by atoms with Crippen molar-refractivity contribution in [1.82, 2.24) is 9.47 Å². The second-order valence-corrected chi connectivity index (χ2v) is 9.46. The Morgan fingerprint density at radius 2 is 2.00 bits per heavy atom. The molecule has 3 aromatic rings. The van der Waals surface area contributed by atoms with E-state index >= 15 is 0 Å². The van der Waals surface area contributed by atoms with Gasteiger partial charge >= 0.3 is 5.97 Å². The summed E-state index contributed by atoms with van der Waals surface area (Å²) in [6.45, 7) is 4.30. The molecule has 0 radical (unpaired) electrons. The lowest BCUT2D eigenvalue weighted by Gasteiger charge is -2.42. The van der Waals surface area contributed by atoms with Crippen molar-refractivity contribution in [1.29, 1.82) is 0 Å². The molecule has 0 aliphatic carbocycles. The normalized spacial score (nSPS) is 20.3. The van der Waals surface area contributed by atoms with Gasteiger partial charge in [-0.3, -0.25) is 19.3 Å². The van der Waals surface area contributed by atoms with E-state index in [1.807, 2.05) is 10.6 Å². The molecule has 5 rings (SSSR count). The number of esters is 1. The molecule has 0 amide bonds. The SMILES string of the molecule is COC(=O)C[C@H](c1ccc(C)o1)c1oc(CN2C[C@H]3C[C@@H](C2)c2cccc(=O)n2C3)cc(=O)c1O. The van der Waals surface area contributed by atoms with Crippen LogP contribution in [0.2, 0.25) is 0 Å². The Kier molecular flexibility index (Phi) is 6.10. The Hall–Kier alpha value is -3.59. The zero-order chi connectivity index (χ0) is 24.7. The van der Waals surface area contributed by atoms with Gasteiger partial charge in [-0.25, -0.2) is 0 Å². The summed E-state index contributed by atoms with van der Waals surface area (Å²) in [6, 6.07) is 10.1. The summed E-state index contributed by atoms with van der Waals surface area (Å²) in [5.74, 6) is 0.0941. The molecule has 3 atom stereocenters. The Balaban J connectivity index is 1.44. The van der Waals surface area contributed by atoms with Crippen LogP contribution in [0.1, 0.15) is 53.4 Å². The third-order valence-electron chi connectivity index (χ3n) is 6.95. The van der Waals surface area contributed by atoms with Crippen molar-refractivity contribution in [3.05, 3.63) is 85.7 Å². The average Bonchev–Trinajstić information content (AvgIpc) is 3.26. The van der Waals surface area contributed by atoms with Gasteiger partial charge in [0.1, 0.15) is 17.3 Å². The highest BCUT2D eigenvalue weighted by Crippen LogP contribution is 2.37. The lowest BCUT2D eigenvalue weighted by molar-refractivity contribution is -0.141. The molecule has 3 aromatic heterocycles. The third-order valence-corrected chi connectivity index (χ3v) is 6.95. The molecule has 35 heavy (non-hydrogen) atoms. The summed E-state index contributed by atoms with van der Waals surface area (Å²) in [5, 5.41) is 10.6. The number of hydrogen-bond acceptors (Lipinski definition) is 8. The van der Waals surface area contributed by atoms with Crippen LogP contribution in [0.5, 0.6) is 5.75 Å². The quantitative estimate of drug-likeness (QED) is 0.536. The van der Waals surface area contributed by atoms with Crippen LogP contribution >= 0.6 is 0 Å². The number of nitrogens with zero attached hydrogens (tertiary/aromatic N) is 2. The Bertz CT molecular complexity index is 1370. The maximum Gasteiger partial charge on any atom is 0.306 e. The number of fused-ring (bicyclic) bond motifs is 4. The van der Waals surface area contributed by atoms with Crippen LogP contribution in [0.4, 0.5) is 0 Å². The molecule has 0 saturated carbocycles. The van der Waals surface area contributed by atoms with E-state index in [9.17, 15) is 19.5 Å². The number of ether oxygens (including phenoxy) is 1. The number of methoxy groups -OCH3 is 1. The van der Waals surface area contributed by atoms with E-state index in [1.165, 1.54) is 13.2 Å². The summed E-state index contributed by atoms with van der Waals surface area (Å²) in [5.41, 5.74) is 0.496. The summed E-state index contributed by atoms with van der Waals surface area (Å²) >= 11 is 0. The van der Waals surface area contributed by atoms with Crippen molar-refractivity contribution < 1.29 is 23.5 Å². The minimum Gasteiger partial charge on any atom is -0.502 e. The first-order chi connectivity index (χ1) is 16.8. The largest absolute Gasteiger partial charge is 0.502 e. The van der Waals surface area contributed by atoms with Crippen LogP contribution in [-0.2, 0) is 22.6 Å². The van der Waals surface area contributed by atoms with E-state index in [0.29, 0.717) is 36.3 Å². The number of aromatic hydroxyl groups is 1. The van der Waals surface area contributed by atoms with Crippen molar-refractivity contribution >= 4 is 5.97 Å². The summed E-state index contributed by atoms with van der Waals surface area (Å²) < 4.78 is 18.5. The average molecular weight is 481 g/mol. The summed E-state index contributed by atoms with van der Waals surface area (Å²) in [7, 11) is 1.28. The first-order valence-corrected chi connectivity index (χ1v) is 11.7. The van der Waals surface area contributed by atoms with Gasteiger partial charge in [-0.2, -0.15) is 0 Å². The van der Waals surface area contributed by atoms with Gasteiger partial charge in [0.25, 0.3) is 5.56 Å². The Morgan fingerprint density at radius 3 is 2.74 bits per heavy atom. The van der Waals surface area contributed by atoms with Gasteiger partial charge in [0, 0.05) is 43.4 Å². The third kappa shape index (κ3) is 4.55. The van der Waals surface area contributed by atoms with E-state index in [2.05, 4.69) is 4.90 Å². The molecule has 5 heterocycles. The minimum atomic E-state index is -0.803. The first kappa shape index (κ1) is 23.2. The van der Waals surface area contributed by atoms with Gasteiger partial charge in [0.05, 0.1) is 26.0 Å². The molecule has 1 fully saturated rings. The number of likely N-dealkylation sites (tertiary alicyclic amines) is 1. The van der Waals surface area contributed by atoms with Crippen molar-refractivity contribution in [3.8, 4) is 5.75 Å². The number of furan rings is 1. The topological polar surface area (TPSA) is 115 Å². The molecule has 1 saturated heterocycles. The van der Waals surface area contributed by atoms with Gasteiger partial charge in [-0.05, 0) is 37.5 Å². The molecule has 1 N–H and O–H groups in total. The fourth-order valence-corrected chi connectivity index (χ4v) is 5.43. The van der Waals surface area contributed by atoms with E-state index in [1.54, 1.807) is 31.2 Å². The molecular formula is C26H28N2O7. The fourth-order valence-electron chi connectivity index (χ4n) is 5.43. The smallest absolute Gasteiger partial charge is 0.306 e. The molecule has 0 aromatic carbocycles. The highest BCUT2D eigenvalue weighted by atomic mass is 16.5. The Morgan fingerprint density at radius 1 is 1.17 bits per heavy atom. The maximum atomic E-state index is 12.7. The lowest BCUT2D eigenvalue weighted by Crippen LogP contribution is -2.46. The predicted molar refractivity (Wildman–Crippen MR) is 125 cm³/mol. The number of piperidine rings is 1. The van der Waals surface area contributed by atoms with Gasteiger partial charge in [-0.15, -0.1) is 0 Å². The van der Waals surface area contributed by atoms with Crippen LogP contribution in [0.3, 0.4) is 0 Å². The van der Waals surface area contributed by atoms with Crippen molar-refractivity contribution in [3.63, 3.8) is 0 Å². The summed E-state index contributed by atoms with van der Waals surface area (Å²) in [6.07, 6.45) is 0.868. The highest BCUT2D eigenvalue weighted by molar-refractivity contribution is 5.71. The predicted octanol–water partition coefficient (Wildman–Crippen LogP) is 2.72. The van der Waals surface area contributed by atoms with Crippen molar-refractivity contribution in [2.24, 2.45) is 5.92 Å². The summed E-state index contributed by atoms with van der Waals surface area (Å²) in [4.78, 5) is 39.3. The zero-order valence-electron chi connectivity index (χ0n) is 19.7. The molecule has 9 nitrogen and oxygen atoms in total. The molecule has 0 unspecified atom stereocenters. The molecule has 184 valence electrons. The monoisotopic (exact) mass is 480 g/mol. The lowest BCUT2D eigenvalue weighted by atomic mass is 9.83. The van der Waals surface area contributed by atoms with E-state index in [-0.39, 0.29) is 23.7 Å². The molecule has 2 aliphatic rings. The maximum absolute atomic E-state index is 12.7. The van der Waals surface area contributed by atoms with E-state index in [0.717, 1.165) is 25.2 Å². The molecule has 2 aliphatic heterocycles. The number of aryl methyl sites for hydroxylation is 1. The standard InChI is InChI=1S/C26H28N2O7/c1-15-6-7-22(34-15)19(10-24(31)33-2)26-25(32)21(29)9-18(35-26)14-27-11-16-8-17(13-27)20-4-3-5-23(30)28(20)12-16/h3-7,9,16-17,19,32H,8,10-14H2,1-2H3/t16-,17+,19-/m1/s1. The number of hydrogen-bond donors (Lipinski definition) is 1. The second kappa shape index (κ2) is 9.22. The van der Waals surface area contributed by atoms with Gasteiger partial charge in [0.2, 0.25) is 11.2 Å². The number of carbonyl (C=O) groups excluding carboxylic acids is 1. The number of carbonyl (C=O) groups is 1. The van der Waals surface area contributed by atoms with Crippen molar-refractivity contribution in [2.75, 3.05) is 20.2 Å². The highest BCUT2D eigenvalue weighted by Gasteiger charge is 2.35.